The number of halogens is 1. The molecule has 0 atom stereocenters. The predicted octanol–water partition coefficient (Wildman–Crippen LogP) is 6.06. The molecule has 3 aromatic rings. The van der Waals surface area contributed by atoms with Crippen LogP contribution >= 0.6 is 11.6 Å². The van der Waals surface area contributed by atoms with Gasteiger partial charge in [-0.25, -0.2) is 9.69 Å². The number of anilines is 3. The molecule has 8 nitrogen and oxygen atoms in total. The van der Waals surface area contributed by atoms with Gasteiger partial charge >= 0.3 is 5.97 Å². The van der Waals surface area contributed by atoms with E-state index in [4.69, 9.17) is 16.3 Å². The number of carbonyl (C=O) groups is 4. The highest BCUT2D eigenvalue weighted by Crippen LogP contribution is 2.31. The highest BCUT2D eigenvalue weighted by atomic mass is 35.5. The number of hydrogen-bond acceptors (Lipinski definition) is 6. The lowest BCUT2D eigenvalue weighted by Crippen LogP contribution is -2.32. The molecule has 1 aliphatic rings. The Morgan fingerprint density at radius 3 is 2.10 bits per heavy atom. The van der Waals surface area contributed by atoms with Crippen molar-refractivity contribution < 1.29 is 23.9 Å². The molecule has 4 rings (SSSR count). The molecule has 3 amide bonds. The van der Waals surface area contributed by atoms with Gasteiger partial charge in [-0.2, -0.15) is 0 Å². The van der Waals surface area contributed by atoms with E-state index in [1.165, 1.54) is 24.3 Å². The van der Waals surface area contributed by atoms with Gasteiger partial charge in [-0.1, -0.05) is 49.7 Å². The van der Waals surface area contributed by atoms with Crippen LogP contribution < -0.4 is 15.5 Å². The molecular formula is C31H30ClN3O5. The average Bonchev–Trinajstić information content (AvgIpc) is 3.15. The summed E-state index contributed by atoms with van der Waals surface area (Å²) in [5.41, 5.74) is 4.09. The second kappa shape index (κ2) is 12.2. The summed E-state index contributed by atoms with van der Waals surface area (Å²) in [6, 6.07) is 18.4. The molecule has 1 heterocycles. The SMILES string of the molecule is CCc1cccc(CC)c1NC(=O)c1cccc(NC2=C(Cl)C(=O)N(c3ccc(C(=O)OC(C)C)cc3)C2=O)c1. The van der Waals surface area contributed by atoms with Crippen LogP contribution in [-0.4, -0.2) is 29.8 Å². The monoisotopic (exact) mass is 559 g/mol. The first-order valence-electron chi connectivity index (χ1n) is 13.0. The lowest BCUT2D eigenvalue weighted by molar-refractivity contribution is -0.120. The van der Waals surface area contributed by atoms with E-state index in [0.29, 0.717) is 11.3 Å². The fourth-order valence-electron chi connectivity index (χ4n) is 4.35. The summed E-state index contributed by atoms with van der Waals surface area (Å²) in [4.78, 5) is 52.3. The third kappa shape index (κ3) is 5.92. The van der Waals surface area contributed by atoms with Crippen molar-refractivity contribution in [2.45, 2.75) is 46.6 Å². The second-order valence-corrected chi connectivity index (χ2v) is 9.83. The Morgan fingerprint density at radius 2 is 1.50 bits per heavy atom. The van der Waals surface area contributed by atoms with Gasteiger partial charge in [0.2, 0.25) is 0 Å². The molecule has 40 heavy (non-hydrogen) atoms. The minimum Gasteiger partial charge on any atom is -0.459 e. The zero-order valence-corrected chi connectivity index (χ0v) is 23.5. The van der Waals surface area contributed by atoms with Crippen molar-refractivity contribution in [3.8, 4) is 0 Å². The number of nitrogens with one attached hydrogen (secondary N) is 2. The Labute approximate surface area is 238 Å². The predicted molar refractivity (Wildman–Crippen MR) is 156 cm³/mol. The number of esters is 1. The second-order valence-electron chi connectivity index (χ2n) is 9.45. The van der Waals surface area contributed by atoms with Crippen LogP contribution in [0.15, 0.2) is 77.5 Å². The number of para-hydroxylation sites is 1. The van der Waals surface area contributed by atoms with Gasteiger partial charge in [0.15, 0.2) is 0 Å². The van der Waals surface area contributed by atoms with Crippen LogP contribution in [0.25, 0.3) is 0 Å². The van der Waals surface area contributed by atoms with E-state index in [0.717, 1.165) is 34.6 Å². The fraction of sp³-hybridized carbons (Fsp3) is 0.226. The number of amides is 3. The zero-order valence-electron chi connectivity index (χ0n) is 22.7. The van der Waals surface area contributed by atoms with Crippen molar-refractivity contribution in [3.05, 3.63) is 99.7 Å². The van der Waals surface area contributed by atoms with Gasteiger partial charge in [0, 0.05) is 16.9 Å². The van der Waals surface area contributed by atoms with Gasteiger partial charge in [-0.3, -0.25) is 14.4 Å². The highest BCUT2D eigenvalue weighted by Gasteiger charge is 2.39. The van der Waals surface area contributed by atoms with E-state index >= 15 is 0 Å². The Bertz CT molecular complexity index is 1490. The van der Waals surface area contributed by atoms with Gasteiger partial charge in [0.25, 0.3) is 17.7 Å². The third-order valence-electron chi connectivity index (χ3n) is 6.36. The van der Waals surface area contributed by atoms with Crippen LogP contribution in [0.1, 0.15) is 59.5 Å². The molecule has 0 aliphatic carbocycles. The maximum atomic E-state index is 13.2. The number of rotatable bonds is 9. The minimum absolute atomic E-state index is 0.114. The Hall–Kier alpha value is -4.43. The van der Waals surface area contributed by atoms with Gasteiger partial charge in [0.05, 0.1) is 17.4 Å². The average molecular weight is 560 g/mol. The van der Waals surface area contributed by atoms with Crippen LogP contribution in [0.4, 0.5) is 17.1 Å². The molecule has 0 spiro atoms. The number of nitrogens with zero attached hydrogens (tertiary/aromatic N) is 1. The van der Waals surface area contributed by atoms with Gasteiger partial charge in [-0.15, -0.1) is 0 Å². The largest absolute Gasteiger partial charge is 0.459 e. The highest BCUT2D eigenvalue weighted by molar-refractivity contribution is 6.53. The quantitative estimate of drug-likeness (QED) is 0.244. The maximum absolute atomic E-state index is 13.2. The summed E-state index contributed by atoms with van der Waals surface area (Å²) >= 11 is 6.29. The van der Waals surface area contributed by atoms with Gasteiger partial charge < -0.3 is 15.4 Å². The fourth-order valence-corrected chi connectivity index (χ4v) is 4.56. The normalized spacial score (nSPS) is 13.2. The lowest BCUT2D eigenvalue weighted by Gasteiger charge is -2.16. The van der Waals surface area contributed by atoms with Gasteiger partial charge in [0.1, 0.15) is 10.7 Å². The summed E-state index contributed by atoms with van der Waals surface area (Å²) in [5.74, 6) is -2.17. The number of benzene rings is 3. The van der Waals surface area contributed by atoms with Crippen molar-refractivity contribution in [3.63, 3.8) is 0 Å². The third-order valence-corrected chi connectivity index (χ3v) is 6.71. The molecule has 0 radical (unpaired) electrons. The summed E-state index contributed by atoms with van der Waals surface area (Å²) in [7, 11) is 0. The molecule has 2 N–H and O–H groups in total. The Kier molecular flexibility index (Phi) is 8.70. The molecule has 1 aliphatic heterocycles. The van der Waals surface area contributed by atoms with Crippen LogP contribution in [0.5, 0.6) is 0 Å². The molecule has 0 fully saturated rings. The number of carbonyl (C=O) groups excluding carboxylic acids is 4. The Morgan fingerprint density at radius 1 is 0.875 bits per heavy atom. The first-order valence-corrected chi connectivity index (χ1v) is 13.4. The van der Waals surface area contributed by atoms with E-state index in [-0.39, 0.29) is 34.0 Å². The number of imide groups is 1. The molecule has 206 valence electrons. The van der Waals surface area contributed by atoms with E-state index in [1.807, 2.05) is 32.0 Å². The van der Waals surface area contributed by atoms with Crippen molar-refractivity contribution in [1.82, 2.24) is 0 Å². The van der Waals surface area contributed by atoms with E-state index in [1.54, 1.807) is 38.1 Å². The maximum Gasteiger partial charge on any atom is 0.338 e. The molecular weight excluding hydrogens is 530 g/mol. The first-order chi connectivity index (χ1) is 19.1. The standard InChI is InChI=1S/C31H30ClN3O5/c1-5-19-9-7-10-20(6-2)26(19)34-28(36)22-11-8-12-23(17-22)33-27-25(32)29(37)35(30(27)38)24-15-13-21(14-16-24)31(39)40-18(3)4/h7-18,33H,5-6H2,1-4H3,(H,34,36). The topological polar surface area (TPSA) is 105 Å². The van der Waals surface area contributed by atoms with Crippen molar-refractivity contribution in [1.29, 1.82) is 0 Å². The zero-order chi connectivity index (χ0) is 29.0. The molecule has 0 saturated heterocycles. The first kappa shape index (κ1) is 28.6. The smallest absolute Gasteiger partial charge is 0.338 e. The van der Waals surface area contributed by atoms with E-state index in [9.17, 15) is 19.2 Å². The molecule has 0 unspecified atom stereocenters. The lowest BCUT2D eigenvalue weighted by atomic mass is 10.0. The van der Waals surface area contributed by atoms with Crippen molar-refractivity contribution in [2.24, 2.45) is 0 Å². The van der Waals surface area contributed by atoms with Crippen LogP contribution in [-0.2, 0) is 27.2 Å². The molecule has 0 bridgehead atoms. The van der Waals surface area contributed by atoms with Crippen molar-refractivity contribution >= 4 is 52.4 Å². The van der Waals surface area contributed by atoms with Crippen molar-refractivity contribution in [2.75, 3.05) is 15.5 Å². The van der Waals surface area contributed by atoms with Crippen LogP contribution in [0, 0.1) is 0 Å². The number of hydrogen-bond donors (Lipinski definition) is 2. The molecule has 9 heteroatoms. The Balaban J connectivity index is 1.52. The minimum atomic E-state index is -0.705. The van der Waals surface area contributed by atoms with E-state index in [2.05, 4.69) is 10.6 Å². The molecule has 0 aromatic heterocycles. The summed E-state index contributed by atoms with van der Waals surface area (Å²) < 4.78 is 5.17. The molecule has 0 saturated carbocycles. The number of ether oxygens (including phenoxy) is 1. The molecule has 3 aromatic carbocycles. The van der Waals surface area contributed by atoms with Crippen LogP contribution in [0.3, 0.4) is 0 Å². The van der Waals surface area contributed by atoms with Crippen LogP contribution in [0.2, 0.25) is 0 Å². The number of aryl methyl sites for hydroxylation is 2. The summed E-state index contributed by atoms with van der Waals surface area (Å²) in [5, 5.41) is 5.65. The summed E-state index contributed by atoms with van der Waals surface area (Å²) in [6.45, 7) is 7.55. The van der Waals surface area contributed by atoms with E-state index < -0.39 is 17.8 Å². The van der Waals surface area contributed by atoms with Gasteiger partial charge in [-0.05, 0) is 80.3 Å². The summed E-state index contributed by atoms with van der Waals surface area (Å²) in [6.07, 6.45) is 1.26.